The monoisotopic (exact) mass is 492 g/mol. The second-order valence-corrected chi connectivity index (χ2v) is 9.44. The first kappa shape index (κ1) is 26.0. The van der Waals surface area contributed by atoms with E-state index in [1.54, 1.807) is 13.8 Å². The SMILES string of the molecule is C[C@H](O)C[C@@H](NC(=S)c1cccc(C(=S)N[C@H](C[C@H](C)O)c2ccccc2)c1)c1ccccc1. The normalized spacial score (nSPS) is 14.5. The highest BCUT2D eigenvalue weighted by Crippen LogP contribution is 2.22. The molecule has 4 nitrogen and oxygen atoms in total. The molecule has 3 aromatic rings. The van der Waals surface area contributed by atoms with Crippen molar-refractivity contribution in [1.29, 1.82) is 0 Å². The van der Waals surface area contributed by atoms with Crippen molar-refractivity contribution in [3.63, 3.8) is 0 Å². The maximum atomic E-state index is 10.00. The molecule has 0 aliphatic heterocycles. The standard InChI is InChI=1S/C28H32N2O2S2/c1-19(31)16-25(21-10-5-3-6-11-21)29-27(33)23-14-9-15-24(18-23)28(34)30-26(17-20(2)32)22-12-7-4-8-13-22/h3-15,18-20,25-26,31-32H,16-17H2,1-2H3,(H,29,33)(H,30,34)/t19-,20-,25+,26+/m0/s1. The Balaban J connectivity index is 1.76. The molecule has 4 atom stereocenters. The summed E-state index contributed by atoms with van der Waals surface area (Å²) in [5.74, 6) is 0. The van der Waals surface area contributed by atoms with Gasteiger partial charge in [-0.25, -0.2) is 0 Å². The zero-order chi connectivity index (χ0) is 24.5. The number of aliphatic hydroxyl groups excluding tert-OH is 2. The van der Waals surface area contributed by atoms with Gasteiger partial charge in [-0.15, -0.1) is 0 Å². The molecule has 34 heavy (non-hydrogen) atoms. The van der Waals surface area contributed by atoms with Gasteiger partial charge in [-0.2, -0.15) is 0 Å². The van der Waals surface area contributed by atoms with Gasteiger partial charge in [0.1, 0.15) is 9.98 Å². The summed E-state index contributed by atoms with van der Waals surface area (Å²) in [5.41, 5.74) is 3.86. The molecule has 0 aliphatic carbocycles. The second-order valence-electron chi connectivity index (χ2n) is 8.62. The van der Waals surface area contributed by atoms with E-state index in [0.717, 1.165) is 22.3 Å². The fraction of sp³-hybridized carbons (Fsp3) is 0.286. The lowest BCUT2D eigenvalue weighted by Crippen LogP contribution is -2.31. The van der Waals surface area contributed by atoms with E-state index in [9.17, 15) is 10.2 Å². The first-order chi connectivity index (χ1) is 16.3. The Bertz CT molecular complexity index is 989. The Morgan fingerprint density at radius 1 is 0.647 bits per heavy atom. The smallest absolute Gasteiger partial charge is 0.107 e. The molecule has 0 saturated heterocycles. The van der Waals surface area contributed by atoms with Crippen LogP contribution in [0.2, 0.25) is 0 Å². The molecule has 0 aromatic heterocycles. The van der Waals surface area contributed by atoms with Crippen molar-refractivity contribution in [3.05, 3.63) is 107 Å². The van der Waals surface area contributed by atoms with Crippen LogP contribution in [0, 0.1) is 0 Å². The predicted octanol–water partition coefficient (Wildman–Crippen LogP) is 5.24. The first-order valence-corrected chi connectivity index (χ1v) is 12.3. The van der Waals surface area contributed by atoms with E-state index in [2.05, 4.69) is 10.6 Å². The zero-order valence-electron chi connectivity index (χ0n) is 19.5. The molecule has 0 spiro atoms. The Hall–Kier alpha value is -2.64. The van der Waals surface area contributed by atoms with Crippen molar-refractivity contribution >= 4 is 34.4 Å². The fourth-order valence-electron chi connectivity index (χ4n) is 3.89. The quantitative estimate of drug-likeness (QED) is 0.290. The van der Waals surface area contributed by atoms with Gasteiger partial charge >= 0.3 is 0 Å². The molecule has 0 amide bonds. The fourth-order valence-corrected chi connectivity index (χ4v) is 4.43. The molecule has 178 valence electrons. The highest BCUT2D eigenvalue weighted by Gasteiger charge is 2.18. The molecule has 0 saturated carbocycles. The number of aliphatic hydroxyl groups is 2. The minimum atomic E-state index is -0.465. The van der Waals surface area contributed by atoms with E-state index in [1.807, 2.05) is 84.9 Å². The average molecular weight is 493 g/mol. The van der Waals surface area contributed by atoms with Gasteiger partial charge in [0.15, 0.2) is 0 Å². The number of thiocarbonyl (C=S) groups is 2. The molecule has 3 aromatic carbocycles. The molecule has 0 aliphatic rings. The van der Waals surface area contributed by atoms with Gasteiger partial charge in [0.2, 0.25) is 0 Å². The summed E-state index contributed by atoms with van der Waals surface area (Å²) >= 11 is 11.5. The molecule has 0 heterocycles. The summed E-state index contributed by atoms with van der Waals surface area (Å²) in [6, 6.07) is 27.6. The van der Waals surface area contributed by atoms with Crippen LogP contribution in [0.3, 0.4) is 0 Å². The molecule has 0 radical (unpaired) electrons. The summed E-state index contributed by atoms with van der Waals surface area (Å²) in [5, 5.41) is 26.8. The van der Waals surface area contributed by atoms with Crippen LogP contribution in [0.15, 0.2) is 84.9 Å². The third-order valence-corrected chi connectivity index (χ3v) is 6.26. The largest absolute Gasteiger partial charge is 0.393 e. The first-order valence-electron chi connectivity index (χ1n) is 11.5. The van der Waals surface area contributed by atoms with Gasteiger partial charge in [0, 0.05) is 11.1 Å². The average Bonchev–Trinajstić information content (AvgIpc) is 2.83. The number of hydrogen-bond donors (Lipinski definition) is 4. The molecule has 3 rings (SSSR count). The van der Waals surface area contributed by atoms with Gasteiger partial charge in [-0.05, 0) is 43.9 Å². The Kier molecular flexibility index (Phi) is 9.72. The molecule has 0 bridgehead atoms. The lowest BCUT2D eigenvalue weighted by molar-refractivity contribution is 0.171. The Morgan fingerprint density at radius 3 is 1.38 bits per heavy atom. The minimum Gasteiger partial charge on any atom is -0.393 e. The van der Waals surface area contributed by atoms with E-state index in [0.29, 0.717) is 22.8 Å². The van der Waals surface area contributed by atoms with Crippen LogP contribution in [0.1, 0.15) is 61.0 Å². The summed E-state index contributed by atoms with van der Waals surface area (Å²) < 4.78 is 0. The van der Waals surface area contributed by atoms with Crippen molar-refractivity contribution in [2.24, 2.45) is 0 Å². The second kappa shape index (κ2) is 12.7. The molecular weight excluding hydrogens is 460 g/mol. The van der Waals surface area contributed by atoms with E-state index in [4.69, 9.17) is 24.4 Å². The number of nitrogens with one attached hydrogen (secondary N) is 2. The molecule has 0 fully saturated rings. The van der Waals surface area contributed by atoms with Crippen LogP contribution in [0.25, 0.3) is 0 Å². The van der Waals surface area contributed by atoms with Crippen molar-refractivity contribution in [2.75, 3.05) is 0 Å². The van der Waals surface area contributed by atoms with Crippen molar-refractivity contribution in [1.82, 2.24) is 10.6 Å². The van der Waals surface area contributed by atoms with E-state index in [1.165, 1.54) is 0 Å². The molecule has 4 N–H and O–H groups in total. The van der Waals surface area contributed by atoms with E-state index >= 15 is 0 Å². The summed E-state index contributed by atoms with van der Waals surface area (Å²) in [6.07, 6.45) is 0.156. The maximum absolute atomic E-state index is 10.00. The van der Waals surface area contributed by atoms with Gasteiger partial charge in [0.25, 0.3) is 0 Å². The lowest BCUT2D eigenvalue weighted by atomic mass is 10.00. The summed E-state index contributed by atoms with van der Waals surface area (Å²) in [4.78, 5) is 1.20. The van der Waals surface area contributed by atoms with Gasteiger partial charge in [0.05, 0.1) is 24.3 Å². The van der Waals surface area contributed by atoms with Crippen LogP contribution in [0.5, 0.6) is 0 Å². The van der Waals surface area contributed by atoms with Crippen molar-refractivity contribution < 1.29 is 10.2 Å². The van der Waals surface area contributed by atoms with Crippen molar-refractivity contribution in [3.8, 4) is 0 Å². The van der Waals surface area contributed by atoms with Crippen molar-refractivity contribution in [2.45, 2.75) is 51.0 Å². The van der Waals surface area contributed by atoms with Gasteiger partial charge in [-0.3, -0.25) is 0 Å². The number of rotatable bonds is 10. The van der Waals surface area contributed by atoms with Crippen LogP contribution in [0.4, 0.5) is 0 Å². The van der Waals surface area contributed by atoms with Crippen LogP contribution < -0.4 is 10.6 Å². The number of benzene rings is 3. The zero-order valence-corrected chi connectivity index (χ0v) is 21.2. The maximum Gasteiger partial charge on any atom is 0.107 e. The van der Waals surface area contributed by atoms with Gasteiger partial charge < -0.3 is 20.8 Å². The third-order valence-electron chi connectivity index (χ3n) is 5.56. The summed E-state index contributed by atoms with van der Waals surface area (Å²) in [7, 11) is 0. The number of hydrogen-bond acceptors (Lipinski definition) is 4. The topological polar surface area (TPSA) is 64.5 Å². The molecular formula is C28H32N2O2S2. The van der Waals surface area contributed by atoms with Crippen LogP contribution >= 0.6 is 24.4 Å². The highest BCUT2D eigenvalue weighted by molar-refractivity contribution is 7.81. The minimum absolute atomic E-state index is 0.101. The Labute approximate surface area is 213 Å². The van der Waals surface area contributed by atoms with Crippen LogP contribution in [-0.2, 0) is 0 Å². The molecule has 0 unspecified atom stereocenters. The molecule has 6 heteroatoms. The van der Waals surface area contributed by atoms with E-state index in [-0.39, 0.29) is 12.1 Å². The van der Waals surface area contributed by atoms with E-state index < -0.39 is 12.2 Å². The highest BCUT2D eigenvalue weighted by atomic mass is 32.1. The van der Waals surface area contributed by atoms with Gasteiger partial charge in [-0.1, -0.05) is 103 Å². The lowest BCUT2D eigenvalue weighted by Gasteiger charge is -2.23. The summed E-state index contributed by atoms with van der Waals surface area (Å²) in [6.45, 7) is 3.56. The van der Waals surface area contributed by atoms with Crippen LogP contribution in [-0.4, -0.2) is 32.4 Å². The predicted molar refractivity (Wildman–Crippen MR) is 147 cm³/mol. The Morgan fingerprint density at radius 2 is 1.03 bits per heavy atom. The third kappa shape index (κ3) is 7.71.